The summed E-state index contributed by atoms with van der Waals surface area (Å²) in [5.41, 5.74) is 1.14. The van der Waals surface area contributed by atoms with Gasteiger partial charge in [0.1, 0.15) is 5.75 Å². The van der Waals surface area contributed by atoms with Crippen LogP contribution in [-0.4, -0.2) is 20.5 Å². The second-order valence-corrected chi connectivity index (χ2v) is 7.21. The van der Waals surface area contributed by atoms with Crippen LogP contribution in [0.15, 0.2) is 41.1 Å². The van der Waals surface area contributed by atoms with Crippen LogP contribution in [0.1, 0.15) is 11.1 Å². The Labute approximate surface area is 131 Å². The van der Waals surface area contributed by atoms with E-state index >= 15 is 0 Å². The first kappa shape index (κ1) is 16.2. The lowest BCUT2D eigenvalue weighted by Crippen LogP contribution is -1.99. The second-order valence-electron chi connectivity index (χ2n) is 4.43. The van der Waals surface area contributed by atoms with Gasteiger partial charge in [-0.25, -0.2) is 8.42 Å². The first-order valence-electron chi connectivity index (χ1n) is 6.16. The fourth-order valence-electron chi connectivity index (χ4n) is 1.71. The van der Waals surface area contributed by atoms with Gasteiger partial charge < -0.3 is 4.74 Å². The molecule has 0 unspecified atom stereocenters. The van der Waals surface area contributed by atoms with E-state index in [1.807, 2.05) is 0 Å². The molecule has 8 heteroatoms. The summed E-state index contributed by atoms with van der Waals surface area (Å²) in [5.74, 6) is 0.516. The first-order chi connectivity index (χ1) is 10.4. The Bertz CT molecular complexity index is 791. The SMILES string of the molecule is COc1ccc(CS(=O)(=O)/C=C/c2csc([N+](=O)[O-])c2)cc1. The van der Waals surface area contributed by atoms with Gasteiger partial charge in [0, 0.05) is 16.9 Å². The topological polar surface area (TPSA) is 86.5 Å². The largest absolute Gasteiger partial charge is 0.497 e. The van der Waals surface area contributed by atoms with Crippen molar-refractivity contribution in [3.05, 3.63) is 62.4 Å². The lowest BCUT2D eigenvalue weighted by molar-refractivity contribution is -0.380. The monoisotopic (exact) mass is 339 g/mol. The van der Waals surface area contributed by atoms with Gasteiger partial charge >= 0.3 is 5.00 Å². The zero-order valence-corrected chi connectivity index (χ0v) is 13.3. The number of thiophene rings is 1. The van der Waals surface area contributed by atoms with Crippen molar-refractivity contribution in [2.24, 2.45) is 0 Å². The van der Waals surface area contributed by atoms with Crippen LogP contribution in [0, 0.1) is 10.1 Å². The fraction of sp³-hybridized carbons (Fsp3) is 0.143. The normalized spacial score (nSPS) is 11.7. The molecular formula is C14H13NO5S2. The van der Waals surface area contributed by atoms with Gasteiger partial charge in [-0.3, -0.25) is 10.1 Å². The molecule has 0 N–H and O–H groups in total. The summed E-state index contributed by atoms with van der Waals surface area (Å²) in [6.45, 7) is 0. The van der Waals surface area contributed by atoms with Gasteiger partial charge in [0.2, 0.25) is 0 Å². The average Bonchev–Trinajstić information content (AvgIpc) is 2.95. The van der Waals surface area contributed by atoms with E-state index in [-0.39, 0.29) is 10.8 Å². The fourth-order valence-corrected chi connectivity index (χ4v) is 3.52. The lowest BCUT2D eigenvalue weighted by Gasteiger charge is -2.02. The van der Waals surface area contributed by atoms with Crippen LogP contribution in [0.2, 0.25) is 0 Å². The number of benzene rings is 1. The molecule has 0 saturated carbocycles. The molecule has 0 radical (unpaired) electrons. The summed E-state index contributed by atoms with van der Waals surface area (Å²) in [6.07, 6.45) is 1.36. The maximum Gasteiger partial charge on any atom is 0.324 e. The van der Waals surface area contributed by atoms with Crippen molar-refractivity contribution >= 4 is 32.3 Å². The number of nitrogens with zero attached hydrogens (tertiary/aromatic N) is 1. The van der Waals surface area contributed by atoms with Crippen molar-refractivity contribution in [1.29, 1.82) is 0 Å². The molecule has 116 valence electrons. The minimum absolute atomic E-state index is 0.0211. The molecule has 0 aliphatic carbocycles. The number of sulfone groups is 1. The number of nitro groups is 1. The van der Waals surface area contributed by atoms with Crippen LogP contribution in [0.5, 0.6) is 5.75 Å². The summed E-state index contributed by atoms with van der Waals surface area (Å²) in [6, 6.07) is 8.08. The van der Waals surface area contributed by atoms with E-state index < -0.39 is 14.8 Å². The predicted octanol–water partition coefficient (Wildman–Crippen LogP) is 3.25. The van der Waals surface area contributed by atoms with Crippen LogP contribution in [0.3, 0.4) is 0 Å². The highest BCUT2D eigenvalue weighted by atomic mass is 32.2. The smallest absolute Gasteiger partial charge is 0.324 e. The van der Waals surface area contributed by atoms with Gasteiger partial charge in [0.05, 0.1) is 17.8 Å². The summed E-state index contributed by atoms with van der Waals surface area (Å²) in [7, 11) is -1.91. The number of ether oxygens (including phenoxy) is 1. The highest BCUT2D eigenvalue weighted by Gasteiger charge is 2.10. The number of rotatable bonds is 6. The number of hydrogen-bond donors (Lipinski definition) is 0. The molecule has 2 rings (SSSR count). The zero-order valence-electron chi connectivity index (χ0n) is 11.6. The molecule has 0 saturated heterocycles. The molecular weight excluding hydrogens is 326 g/mol. The standard InChI is InChI=1S/C14H13NO5S2/c1-20-13-4-2-11(3-5-13)10-22(18,19)7-6-12-8-14(15(16)17)21-9-12/h2-9H,10H2,1H3/b7-6+. The van der Waals surface area contributed by atoms with Crippen molar-refractivity contribution in [3.8, 4) is 5.75 Å². The molecule has 2 aromatic rings. The van der Waals surface area contributed by atoms with Crippen molar-refractivity contribution in [2.75, 3.05) is 7.11 Å². The summed E-state index contributed by atoms with van der Waals surface area (Å²) < 4.78 is 29.0. The molecule has 0 aliphatic heterocycles. The van der Waals surface area contributed by atoms with Crippen LogP contribution < -0.4 is 4.74 Å². The second kappa shape index (κ2) is 6.71. The molecule has 6 nitrogen and oxygen atoms in total. The van der Waals surface area contributed by atoms with Gasteiger partial charge in [0.25, 0.3) is 0 Å². The highest BCUT2D eigenvalue weighted by Crippen LogP contribution is 2.24. The van der Waals surface area contributed by atoms with E-state index in [1.165, 1.54) is 24.6 Å². The molecule has 0 fully saturated rings. The quantitative estimate of drug-likeness (QED) is 0.595. The summed E-state index contributed by atoms with van der Waals surface area (Å²) in [5, 5.41) is 13.2. The Balaban J connectivity index is 2.08. The Morgan fingerprint density at radius 1 is 1.32 bits per heavy atom. The van der Waals surface area contributed by atoms with E-state index in [0.717, 1.165) is 16.7 Å². The van der Waals surface area contributed by atoms with Crippen LogP contribution in [0.4, 0.5) is 5.00 Å². The molecule has 0 atom stereocenters. The summed E-state index contributed by atoms with van der Waals surface area (Å²) >= 11 is 0.957. The molecule has 1 aromatic carbocycles. The molecule has 0 spiro atoms. The zero-order chi connectivity index (χ0) is 16.2. The van der Waals surface area contributed by atoms with E-state index in [2.05, 4.69) is 0 Å². The Hall–Kier alpha value is -2.19. The van der Waals surface area contributed by atoms with Crippen LogP contribution in [0.25, 0.3) is 6.08 Å². The minimum atomic E-state index is -3.45. The van der Waals surface area contributed by atoms with Crippen molar-refractivity contribution in [1.82, 2.24) is 0 Å². The lowest BCUT2D eigenvalue weighted by atomic mass is 10.2. The molecule has 1 aromatic heterocycles. The van der Waals surface area contributed by atoms with Gasteiger partial charge in [-0.15, -0.1) is 0 Å². The minimum Gasteiger partial charge on any atom is -0.497 e. The third-order valence-corrected chi connectivity index (χ3v) is 4.97. The van der Waals surface area contributed by atoms with Crippen LogP contribution >= 0.6 is 11.3 Å². The maximum atomic E-state index is 12.0. The van der Waals surface area contributed by atoms with Gasteiger partial charge in [-0.05, 0) is 29.3 Å². The summed E-state index contributed by atoms with van der Waals surface area (Å²) in [4.78, 5) is 10.1. The van der Waals surface area contributed by atoms with Crippen LogP contribution in [-0.2, 0) is 15.6 Å². The maximum absolute atomic E-state index is 12.0. The van der Waals surface area contributed by atoms with E-state index in [0.29, 0.717) is 16.9 Å². The third kappa shape index (κ3) is 4.40. The van der Waals surface area contributed by atoms with E-state index in [9.17, 15) is 18.5 Å². The number of hydrogen-bond acceptors (Lipinski definition) is 6. The van der Waals surface area contributed by atoms with E-state index in [4.69, 9.17) is 4.74 Å². The van der Waals surface area contributed by atoms with E-state index in [1.54, 1.807) is 24.3 Å². The van der Waals surface area contributed by atoms with Gasteiger partial charge in [-0.2, -0.15) is 0 Å². The van der Waals surface area contributed by atoms with Gasteiger partial charge in [0.15, 0.2) is 9.84 Å². The van der Waals surface area contributed by atoms with Gasteiger partial charge in [-0.1, -0.05) is 23.5 Å². The molecule has 1 heterocycles. The molecule has 22 heavy (non-hydrogen) atoms. The number of methoxy groups -OCH3 is 1. The van der Waals surface area contributed by atoms with Crippen molar-refractivity contribution in [2.45, 2.75) is 5.75 Å². The Kier molecular flexibility index (Phi) is 4.94. The molecule has 0 bridgehead atoms. The molecule has 0 amide bonds. The predicted molar refractivity (Wildman–Crippen MR) is 85.6 cm³/mol. The molecule has 0 aliphatic rings. The average molecular weight is 339 g/mol. The Morgan fingerprint density at radius 3 is 2.55 bits per heavy atom. The Morgan fingerprint density at radius 2 is 2.00 bits per heavy atom. The van der Waals surface area contributed by atoms with Crippen molar-refractivity contribution in [3.63, 3.8) is 0 Å². The highest BCUT2D eigenvalue weighted by molar-refractivity contribution is 7.93. The third-order valence-electron chi connectivity index (χ3n) is 2.78. The van der Waals surface area contributed by atoms with Crippen molar-refractivity contribution < 1.29 is 18.1 Å². The first-order valence-corrected chi connectivity index (χ1v) is 8.76.